The summed E-state index contributed by atoms with van der Waals surface area (Å²) >= 11 is 0. The molecule has 1 amide bonds. The zero-order chi connectivity index (χ0) is 22.1. The molecule has 0 saturated carbocycles. The van der Waals surface area contributed by atoms with E-state index >= 15 is 0 Å². The van der Waals surface area contributed by atoms with Crippen LogP contribution in [0.1, 0.15) is 5.56 Å². The molecule has 0 aliphatic carbocycles. The summed E-state index contributed by atoms with van der Waals surface area (Å²) in [5.41, 5.74) is 0.673. The van der Waals surface area contributed by atoms with E-state index < -0.39 is 37.2 Å². The highest BCUT2D eigenvalue weighted by molar-refractivity contribution is 5.94. The van der Waals surface area contributed by atoms with Crippen molar-refractivity contribution in [3.8, 4) is 11.5 Å². The Morgan fingerprint density at radius 3 is 2.13 bits per heavy atom. The van der Waals surface area contributed by atoms with Crippen LogP contribution in [-0.2, 0) is 14.3 Å². The molecule has 0 atom stereocenters. The molecule has 2 rings (SSSR count). The lowest BCUT2D eigenvalue weighted by Crippen LogP contribution is -2.20. The van der Waals surface area contributed by atoms with Crippen LogP contribution in [0.2, 0.25) is 0 Å². The van der Waals surface area contributed by atoms with Crippen LogP contribution in [-0.4, -0.2) is 31.5 Å². The van der Waals surface area contributed by atoms with Crippen molar-refractivity contribution in [2.75, 3.05) is 11.9 Å². The zero-order valence-electron chi connectivity index (χ0n) is 15.0. The quantitative estimate of drug-likeness (QED) is 0.382. The van der Waals surface area contributed by atoms with Gasteiger partial charge >= 0.3 is 18.9 Å². The van der Waals surface area contributed by atoms with Crippen LogP contribution >= 0.6 is 0 Å². The molecule has 0 fully saturated rings. The normalized spacial score (nSPS) is 11.4. The van der Waals surface area contributed by atoms with E-state index in [1.54, 1.807) is 0 Å². The van der Waals surface area contributed by atoms with Gasteiger partial charge in [-0.2, -0.15) is 8.78 Å². The maximum Gasteiger partial charge on any atom is 0.573 e. The van der Waals surface area contributed by atoms with Gasteiger partial charge < -0.3 is 19.5 Å². The van der Waals surface area contributed by atoms with Crippen LogP contribution in [0.25, 0.3) is 6.08 Å². The largest absolute Gasteiger partial charge is 0.573 e. The van der Waals surface area contributed by atoms with Crippen molar-refractivity contribution in [1.29, 1.82) is 0 Å². The number of halogens is 5. The van der Waals surface area contributed by atoms with Gasteiger partial charge in [-0.25, -0.2) is 4.79 Å². The first-order valence-corrected chi connectivity index (χ1v) is 8.16. The monoisotopic (exact) mass is 431 g/mol. The molecule has 11 heteroatoms. The van der Waals surface area contributed by atoms with E-state index in [4.69, 9.17) is 4.74 Å². The standard InChI is InChI=1S/C19H14F5NO5/c20-18(21)29-14-8-4-13(5-9-14)25-16(26)11-28-17(27)10-3-12-1-6-15(7-2-12)30-19(22,23)24/h1-10,18H,11H2,(H,25,26)/b10-3+. The van der Waals surface area contributed by atoms with Crippen LogP contribution in [0.15, 0.2) is 54.6 Å². The average molecular weight is 431 g/mol. The van der Waals surface area contributed by atoms with E-state index in [2.05, 4.69) is 14.8 Å². The average Bonchev–Trinajstić information content (AvgIpc) is 2.66. The van der Waals surface area contributed by atoms with E-state index in [0.29, 0.717) is 5.56 Å². The lowest BCUT2D eigenvalue weighted by atomic mass is 10.2. The molecule has 0 heterocycles. The van der Waals surface area contributed by atoms with Gasteiger partial charge in [-0.3, -0.25) is 4.79 Å². The van der Waals surface area contributed by atoms with Gasteiger partial charge in [-0.05, 0) is 48.0 Å². The highest BCUT2D eigenvalue weighted by atomic mass is 19.4. The van der Waals surface area contributed by atoms with Crippen LogP contribution in [0.5, 0.6) is 11.5 Å². The van der Waals surface area contributed by atoms with E-state index in [0.717, 1.165) is 18.2 Å². The van der Waals surface area contributed by atoms with Gasteiger partial charge in [0.25, 0.3) is 5.91 Å². The maximum atomic E-state index is 12.1. The van der Waals surface area contributed by atoms with Gasteiger partial charge in [-0.1, -0.05) is 12.1 Å². The minimum absolute atomic E-state index is 0.0856. The molecule has 2 aromatic carbocycles. The number of amides is 1. The predicted molar refractivity (Wildman–Crippen MR) is 94.8 cm³/mol. The summed E-state index contributed by atoms with van der Waals surface area (Å²) in [5.74, 6) is -2.03. The summed E-state index contributed by atoms with van der Waals surface area (Å²) in [4.78, 5) is 23.4. The molecule has 0 saturated heterocycles. The number of alkyl halides is 5. The van der Waals surface area contributed by atoms with Gasteiger partial charge in [0.15, 0.2) is 6.61 Å². The molecule has 2 aromatic rings. The van der Waals surface area contributed by atoms with Crippen molar-refractivity contribution in [3.63, 3.8) is 0 Å². The third-order valence-corrected chi connectivity index (χ3v) is 3.23. The van der Waals surface area contributed by atoms with E-state index in [9.17, 15) is 31.5 Å². The van der Waals surface area contributed by atoms with E-state index in [-0.39, 0.29) is 11.4 Å². The van der Waals surface area contributed by atoms with Crippen molar-refractivity contribution in [3.05, 3.63) is 60.2 Å². The number of anilines is 1. The van der Waals surface area contributed by atoms with Crippen LogP contribution < -0.4 is 14.8 Å². The molecular weight excluding hydrogens is 417 g/mol. The van der Waals surface area contributed by atoms with Gasteiger partial charge in [0.1, 0.15) is 11.5 Å². The summed E-state index contributed by atoms with van der Waals surface area (Å²) in [7, 11) is 0. The Bertz CT molecular complexity index is 880. The smallest absolute Gasteiger partial charge is 0.452 e. The molecule has 0 aromatic heterocycles. The summed E-state index contributed by atoms with van der Waals surface area (Å²) in [6, 6.07) is 9.82. The summed E-state index contributed by atoms with van der Waals surface area (Å²) in [5, 5.41) is 2.39. The van der Waals surface area contributed by atoms with Crippen LogP contribution in [0.3, 0.4) is 0 Å². The number of esters is 1. The summed E-state index contributed by atoms with van der Waals surface area (Å²) in [6.45, 7) is -3.58. The molecule has 160 valence electrons. The van der Waals surface area contributed by atoms with Crippen molar-refractivity contribution in [2.24, 2.45) is 0 Å². The first-order chi connectivity index (χ1) is 14.1. The number of rotatable bonds is 8. The first-order valence-electron chi connectivity index (χ1n) is 8.16. The molecule has 6 nitrogen and oxygen atoms in total. The number of hydrogen-bond acceptors (Lipinski definition) is 5. The summed E-state index contributed by atoms with van der Waals surface area (Å²) < 4.78 is 73.0. The number of hydrogen-bond donors (Lipinski definition) is 1. The van der Waals surface area contributed by atoms with Gasteiger partial charge in [0.05, 0.1) is 0 Å². The third kappa shape index (κ3) is 8.59. The maximum absolute atomic E-state index is 12.1. The molecule has 30 heavy (non-hydrogen) atoms. The molecule has 1 N–H and O–H groups in total. The van der Waals surface area contributed by atoms with Gasteiger partial charge in [0.2, 0.25) is 0 Å². The van der Waals surface area contributed by atoms with Gasteiger partial charge in [-0.15, -0.1) is 13.2 Å². The SMILES string of the molecule is O=C(COC(=O)/C=C/c1ccc(OC(F)(F)F)cc1)Nc1ccc(OC(F)F)cc1. The lowest BCUT2D eigenvalue weighted by molar-refractivity contribution is -0.274. The van der Waals surface area contributed by atoms with Crippen molar-refractivity contribution < 1.29 is 45.8 Å². The number of benzene rings is 2. The highest BCUT2D eigenvalue weighted by Crippen LogP contribution is 2.23. The van der Waals surface area contributed by atoms with Crippen molar-refractivity contribution in [2.45, 2.75) is 13.0 Å². The molecule has 0 aliphatic heterocycles. The Morgan fingerprint density at radius 2 is 1.57 bits per heavy atom. The van der Waals surface area contributed by atoms with Crippen LogP contribution in [0.4, 0.5) is 27.6 Å². The number of nitrogens with one attached hydrogen (secondary N) is 1. The third-order valence-electron chi connectivity index (χ3n) is 3.23. The fourth-order valence-electron chi connectivity index (χ4n) is 2.05. The Hall–Kier alpha value is -3.63. The summed E-state index contributed by atoms with van der Waals surface area (Å²) in [6.07, 6.45) is -2.54. The van der Waals surface area contributed by atoms with Crippen molar-refractivity contribution in [1.82, 2.24) is 0 Å². The Labute approximate surface area is 166 Å². The van der Waals surface area contributed by atoms with E-state index in [1.165, 1.54) is 42.5 Å². The fourth-order valence-corrected chi connectivity index (χ4v) is 2.05. The minimum Gasteiger partial charge on any atom is -0.452 e. The Kier molecular flexibility index (Phi) is 7.73. The first kappa shape index (κ1) is 22.7. The topological polar surface area (TPSA) is 73.9 Å². The molecule has 0 radical (unpaired) electrons. The number of carbonyl (C=O) groups is 2. The molecule has 0 unspecified atom stereocenters. The zero-order valence-corrected chi connectivity index (χ0v) is 15.0. The van der Waals surface area contributed by atoms with Crippen LogP contribution in [0, 0.1) is 0 Å². The Balaban J connectivity index is 1.77. The molecule has 0 spiro atoms. The number of carbonyl (C=O) groups excluding carboxylic acids is 2. The second-order valence-electron chi connectivity index (χ2n) is 5.51. The fraction of sp³-hybridized carbons (Fsp3) is 0.158. The molecular formula is C19H14F5NO5. The second-order valence-corrected chi connectivity index (χ2v) is 5.51. The van der Waals surface area contributed by atoms with E-state index in [1.807, 2.05) is 0 Å². The lowest BCUT2D eigenvalue weighted by Gasteiger charge is -2.08. The highest BCUT2D eigenvalue weighted by Gasteiger charge is 2.30. The molecule has 0 bridgehead atoms. The Morgan fingerprint density at radius 1 is 0.967 bits per heavy atom. The second kappa shape index (κ2) is 10.2. The minimum atomic E-state index is -4.80. The number of ether oxygens (including phenoxy) is 3. The predicted octanol–water partition coefficient (Wildman–Crippen LogP) is 4.38. The molecule has 0 aliphatic rings. The van der Waals surface area contributed by atoms with Gasteiger partial charge in [0, 0.05) is 11.8 Å². The van der Waals surface area contributed by atoms with Crippen molar-refractivity contribution >= 4 is 23.6 Å².